The number of amides is 1. The van der Waals surface area contributed by atoms with Crippen molar-refractivity contribution in [3.63, 3.8) is 0 Å². The minimum absolute atomic E-state index is 0.0821. The number of carbonyl (C=O) groups excluding carboxylic acids is 1. The van der Waals surface area contributed by atoms with Gasteiger partial charge in [-0.2, -0.15) is 4.31 Å². The molecular formula is C21H26ClN3O4S. The van der Waals surface area contributed by atoms with Crippen LogP contribution in [0.25, 0.3) is 0 Å². The van der Waals surface area contributed by atoms with Crippen molar-refractivity contribution in [1.82, 2.24) is 9.21 Å². The molecule has 1 fully saturated rings. The van der Waals surface area contributed by atoms with E-state index in [-0.39, 0.29) is 35.5 Å². The first kappa shape index (κ1) is 22.6. The molecular weight excluding hydrogens is 426 g/mol. The summed E-state index contributed by atoms with van der Waals surface area (Å²) in [6.07, 6.45) is -0.587. The molecule has 0 spiro atoms. The predicted octanol–water partition coefficient (Wildman–Crippen LogP) is 2.06. The Morgan fingerprint density at radius 3 is 2.27 bits per heavy atom. The van der Waals surface area contributed by atoms with E-state index in [2.05, 4.69) is 0 Å². The molecule has 7 nitrogen and oxygen atoms in total. The molecule has 30 heavy (non-hydrogen) atoms. The number of hydrogen-bond donors (Lipinski definition) is 1. The van der Waals surface area contributed by atoms with Crippen LogP contribution in [0.1, 0.15) is 6.92 Å². The van der Waals surface area contributed by atoms with Crippen LogP contribution < -0.4 is 4.90 Å². The monoisotopic (exact) mass is 451 g/mol. The van der Waals surface area contributed by atoms with Gasteiger partial charge in [-0.1, -0.05) is 41.9 Å². The second-order valence-electron chi connectivity index (χ2n) is 7.28. The van der Waals surface area contributed by atoms with E-state index < -0.39 is 16.1 Å². The van der Waals surface area contributed by atoms with Crippen LogP contribution in [0.2, 0.25) is 5.02 Å². The van der Waals surface area contributed by atoms with Crippen molar-refractivity contribution in [2.45, 2.75) is 17.9 Å². The zero-order chi connectivity index (χ0) is 21.7. The average molecular weight is 452 g/mol. The number of benzene rings is 2. The molecule has 1 aliphatic rings. The van der Waals surface area contributed by atoms with Gasteiger partial charge in [0.05, 0.1) is 17.7 Å². The average Bonchev–Trinajstić information content (AvgIpc) is 2.74. The number of aliphatic hydroxyl groups excluding tert-OH is 1. The van der Waals surface area contributed by atoms with Crippen LogP contribution in [0.4, 0.5) is 5.69 Å². The van der Waals surface area contributed by atoms with Crippen molar-refractivity contribution in [2.75, 3.05) is 44.2 Å². The first-order chi connectivity index (χ1) is 14.3. The first-order valence-electron chi connectivity index (χ1n) is 9.79. The summed E-state index contributed by atoms with van der Waals surface area (Å²) in [5.41, 5.74) is 0.853. The molecule has 2 aromatic rings. The lowest BCUT2D eigenvalue weighted by atomic mass is 10.2. The molecule has 3 rings (SSSR count). The Bertz CT molecular complexity index is 961. The number of carbonyl (C=O) groups is 1. The van der Waals surface area contributed by atoms with E-state index >= 15 is 0 Å². The fraction of sp³-hybridized carbons (Fsp3) is 0.381. The molecule has 1 heterocycles. The molecule has 0 aromatic heterocycles. The molecule has 0 aliphatic carbocycles. The Morgan fingerprint density at radius 1 is 1.07 bits per heavy atom. The number of piperazine rings is 1. The van der Waals surface area contributed by atoms with Crippen LogP contribution in [-0.4, -0.2) is 74.0 Å². The Labute approximate surface area is 182 Å². The summed E-state index contributed by atoms with van der Waals surface area (Å²) in [5.74, 6) is -0.103. The summed E-state index contributed by atoms with van der Waals surface area (Å²) in [5, 5.41) is 10.00. The number of halogens is 1. The summed E-state index contributed by atoms with van der Waals surface area (Å²) >= 11 is 6.07. The maximum absolute atomic E-state index is 12.9. The second kappa shape index (κ2) is 9.78. The first-order valence-corrected chi connectivity index (χ1v) is 11.6. The third-order valence-corrected chi connectivity index (χ3v) is 7.38. The van der Waals surface area contributed by atoms with Crippen LogP contribution in [0, 0.1) is 0 Å². The quantitative estimate of drug-likeness (QED) is 0.696. The normalized spacial score (nSPS) is 16.3. The van der Waals surface area contributed by atoms with Gasteiger partial charge in [-0.05, 0) is 31.2 Å². The van der Waals surface area contributed by atoms with Gasteiger partial charge in [0.2, 0.25) is 15.9 Å². The molecule has 0 saturated carbocycles. The van der Waals surface area contributed by atoms with Crippen molar-refractivity contribution >= 4 is 33.2 Å². The molecule has 1 amide bonds. The van der Waals surface area contributed by atoms with E-state index in [0.29, 0.717) is 19.6 Å². The van der Waals surface area contributed by atoms with E-state index in [0.717, 1.165) is 5.69 Å². The van der Waals surface area contributed by atoms with E-state index in [1.165, 1.54) is 10.4 Å². The lowest BCUT2D eigenvalue weighted by molar-refractivity contribution is -0.130. The molecule has 162 valence electrons. The highest BCUT2D eigenvalue weighted by atomic mass is 35.5. The molecule has 1 aliphatic heterocycles. The van der Waals surface area contributed by atoms with Gasteiger partial charge in [0.15, 0.2) is 0 Å². The summed E-state index contributed by atoms with van der Waals surface area (Å²) in [6.45, 7) is 3.16. The van der Waals surface area contributed by atoms with Crippen LogP contribution in [0.3, 0.4) is 0 Å². The topological polar surface area (TPSA) is 81.2 Å². The van der Waals surface area contributed by atoms with Crippen molar-refractivity contribution in [3.05, 3.63) is 59.6 Å². The molecule has 2 aromatic carbocycles. The molecule has 1 unspecified atom stereocenters. The lowest BCUT2D eigenvalue weighted by Gasteiger charge is -2.35. The molecule has 0 radical (unpaired) electrons. The van der Waals surface area contributed by atoms with Gasteiger partial charge in [-0.15, -0.1) is 0 Å². The molecule has 1 atom stereocenters. The van der Waals surface area contributed by atoms with Gasteiger partial charge in [0.25, 0.3) is 0 Å². The number of nitrogens with zero attached hydrogens (tertiary/aromatic N) is 3. The Hall–Kier alpha value is -2.13. The van der Waals surface area contributed by atoms with Gasteiger partial charge in [0.1, 0.15) is 4.90 Å². The second-order valence-corrected chi connectivity index (χ2v) is 9.59. The van der Waals surface area contributed by atoms with E-state index in [9.17, 15) is 18.3 Å². The van der Waals surface area contributed by atoms with E-state index in [1.54, 1.807) is 30.0 Å². The fourth-order valence-electron chi connectivity index (χ4n) is 3.45. The zero-order valence-corrected chi connectivity index (χ0v) is 18.4. The van der Waals surface area contributed by atoms with E-state index in [4.69, 9.17) is 11.6 Å². The number of hydrogen-bond acceptors (Lipinski definition) is 5. The molecule has 1 saturated heterocycles. The Morgan fingerprint density at radius 2 is 1.67 bits per heavy atom. The summed E-state index contributed by atoms with van der Waals surface area (Å²) < 4.78 is 27.1. The SMILES string of the molecule is CC(O)CN(CC(=O)N1CCN(S(=O)(=O)c2ccccc2Cl)CC1)c1ccccc1. The summed E-state index contributed by atoms with van der Waals surface area (Å²) in [4.78, 5) is 16.4. The fourth-order valence-corrected chi connectivity index (χ4v) is 5.37. The molecule has 9 heteroatoms. The Balaban J connectivity index is 1.64. The minimum atomic E-state index is -3.70. The highest BCUT2D eigenvalue weighted by Gasteiger charge is 2.31. The van der Waals surface area contributed by atoms with Crippen LogP contribution in [0.15, 0.2) is 59.5 Å². The largest absolute Gasteiger partial charge is 0.392 e. The zero-order valence-electron chi connectivity index (χ0n) is 16.8. The van der Waals surface area contributed by atoms with Gasteiger partial charge < -0.3 is 14.9 Å². The van der Waals surface area contributed by atoms with Crippen LogP contribution in [0.5, 0.6) is 0 Å². The number of para-hydroxylation sites is 1. The van der Waals surface area contributed by atoms with Crippen LogP contribution >= 0.6 is 11.6 Å². The minimum Gasteiger partial charge on any atom is -0.392 e. The van der Waals surface area contributed by atoms with Crippen molar-refractivity contribution < 1.29 is 18.3 Å². The van der Waals surface area contributed by atoms with Crippen LogP contribution in [-0.2, 0) is 14.8 Å². The number of aliphatic hydroxyl groups is 1. The smallest absolute Gasteiger partial charge is 0.244 e. The number of rotatable bonds is 7. The highest BCUT2D eigenvalue weighted by molar-refractivity contribution is 7.89. The van der Waals surface area contributed by atoms with Crippen molar-refractivity contribution in [3.8, 4) is 0 Å². The van der Waals surface area contributed by atoms with Gasteiger partial charge in [-0.25, -0.2) is 8.42 Å². The number of anilines is 1. The van der Waals surface area contributed by atoms with Gasteiger partial charge in [-0.3, -0.25) is 4.79 Å². The van der Waals surface area contributed by atoms with Gasteiger partial charge >= 0.3 is 0 Å². The third-order valence-electron chi connectivity index (χ3n) is 4.98. The maximum Gasteiger partial charge on any atom is 0.244 e. The molecule has 0 bridgehead atoms. The lowest BCUT2D eigenvalue weighted by Crippen LogP contribution is -2.53. The molecule has 1 N–H and O–H groups in total. The third kappa shape index (κ3) is 5.31. The van der Waals surface area contributed by atoms with Crippen molar-refractivity contribution in [1.29, 1.82) is 0 Å². The van der Waals surface area contributed by atoms with E-state index in [1.807, 2.05) is 35.2 Å². The van der Waals surface area contributed by atoms with Crippen molar-refractivity contribution in [2.24, 2.45) is 0 Å². The summed E-state index contributed by atoms with van der Waals surface area (Å²) in [6, 6.07) is 15.8. The highest BCUT2D eigenvalue weighted by Crippen LogP contribution is 2.25. The Kier molecular flexibility index (Phi) is 7.36. The standard InChI is InChI=1S/C21H26ClN3O4S/c1-17(26)15-24(18-7-3-2-4-8-18)16-21(27)23-11-13-25(14-12-23)30(28,29)20-10-6-5-9-19(20)22/h2-10,17,26H,11-16H2,1H3. The maximum atomic E-state index is 12.9. The summed E-state index contributed by atoms with van der Waals surface area (Å²) in [7, 11) is -3.70. The predicted molar refractivity (Wildman–Crippen MR) is 117 cm³/mol. The van der Waals surface area contributed by atoms with Gasteiger partial charge in [0, 0.05) is 38.4 Å². The number of sulfonamides is 1.